The van der Waals surface area contributed by atoms with E-state index in [2.05, 4.69) is 37.2 Å². The summed E-state index contributed by atoms with van der Waals surface area (Å²) in [6, 6.07) is 0. The number of halogens is 2. The van der Waals surface area contributed by atoms with Crippen LogP contribution in [-0.2, 0) is 9.59 Å². The first kappa shape index (κ1) is 20.2. The van der Waals surface area contributed by atoms with E-state index < -0.39 is 0 Å². The maximum Gasteiger partial charge on any atom is 0.140 e. The second-order valence-electron chi connectivity index (χ2n) is 2.11. The molecule has 0 aliphatic heterocycles. The van der Waals surface area contributed by atoms with E-state index in [0.717, 1.165) is 6.42 Å². The van der Waals surface area contributed by atoms with Gasteiger partial charge < -0.3 is 0 Å². The average molecular weight is 426 g/mol. The zero-order valence-corrected chi connectivity index (χ0v) is 13.7. The molecule has 0 saturated heterocycles. The first-order valence-electron chi connectivity index (χ1n) is 4.97. The van der Waals surface area contributed by atoms with E-state index in [1.165, 1.54) is 0 Å². The molecule has 0 bridgehead atoms. The normalized spacial score (nSPS) is 13.6. The highest BCUT2D eigenvalue weighted by Gasteiger charge is 2.14. The van der Waals surface area contributed by atoms with Crippen LogP contribution in [0.1, 0.15) is 53.4 Å². The molecular weight excluding hydrogens is 406 g/mol. The lowest BCUT2D eigenvalue weighted by Gasteiger charge is -2.04. The maximum atomic E-state index is 10.5. The summed E-state index contributed by atoms with van der Waals surface area (Å²) in [5, 5.41) is 0. The van der Waals surface area contributed by atoms with Gasteiger partial charge >= 0.3 is 0 Å². The molecule has 1 aliphatic carbocycles. The summed E-state index contributed by atoms with van der Waals surface area (Å²) in [7, 11) is 0. The van der Waals surface area contributed by atoms with Crippen molar-refractivity contribution < 1.29 is 9.59 Å². The van der Waals surface area contributed by atoms with Crippen LogP contribution in [0, 0.1) is 0 Å². The zero-order valence-electron chi connectivity index (χ0n) is 9.40. The molecule has 0 spiro atoms. The van der Waals surface area contributed by atoms with Crippen molar-refractivity contribution in [2.75, 3.05) is 0 Å². The van der Waals surface area contributed by atoms with Crippen LogP contribution in [0.25, 0.3) is 0 Å². The molecule has 14 heavy (non-hydrogen) atoms. The topological polar surface area (TPSA) is 34.1 Å². The van der Waals surface area contributed by atoms with E-state index in [4.69, 9.17) is 0 Å². The Morgan fingerprint density at radius 1 is 0.857 bits per heavy atom. The van der Waals surface area contributed by atoms with Crippen LogP contribution in [0.15, 0.2) is 0 Å². The monoisotopic (exact) mass is 426 g/mol. The van der Waals surface area contributed by atoms with Gasteiger partial charge in [-0.15, -0.1) is 0 Å². The van der Waals surface area contributed by atoms with Crippen molar-refractivity contribution in [3.8, 4) is 0 Å². The van der Waals surface area contributed by atoms with Gasteiger partial charge in [-0.1, -0.05) is 27.7 Å². The molecule has 0 aromatic rings. The summed E-state index contributed by atoms with van der Waals surface area (Å²) in [6.45, 7) is 8.00. The smallest absolute Gasteiger partial charge is 0.140 e. The lowest BCUT2D eigenvalue weighted by Crippen LogP contribution is -2.13. The molecule has 0 radical (unpaired) electrons. The quantitative estimate of drug-likeness (QED) is 0.422. The van der Waals surface area contributed by atoms with Gasteiger partial charge in [-0.3, -0.25) is 9.59 Å². The molecule has 0 heterocycles. The molecule has 86 valence electrons. The Morgan fingerprint density at radius 3 is 1.29 bits per heavy atom. The molecule has 2 nitrogen and oxygen atoms in total. The summed E-state index contributed by atoms with van der Waals surface area (Å²) in [4.78, 5) is 20.9. The lowest BCUT2D eigenvalue weighted by atomic mass is 9.98. The third-order valence-electron chi connectivity index (χ3n) is 1.31. The summed E-state index contributed by atoms with van der Waals surface area (Å²) >= 11 is 4.24. The Hall–Kier alpha value is 0.800. The number of hydrogen-bond acceptors (Lipinski definition) is 2. The van der Waals surface area contributed by atoms with Gasteiger partial charge in [0, 0.05) is 50.1 Å². The van der Waals surface area contributed by atoms with E-state index >= 15 is 0 Å². The Bertz CT molecular complexity index is 122. The van der Waals surface area contributed by atoms with Crippen molar-refractivity contribution >= 4 is 48.8 Å². The van der Waals surface area contributed by atoms with Gasteiger partial charge in [-0.2, -0.15) is 0 Å². The Labute approximate surface area is 111 Å². The van der Waals surface area contributed by atoms with Crippen LogP contribution in [0.4, 0.5) is 0 Å². The fourth-order valence-electron chi connectivity index (χ4n) is 0.879. The maximum absolute atomic E-state index is 10.5. The van der Waals surface area contributed by atoms with Gasteiger partial charge in [0.05, 0.1) is 6.42 Å². The minimum Gasteiger partial charge on any atom is -0.299 e. The Kier molecular flexibility index (Phi) is 28.0. The van der Waals surface area contributed by atoms with Crippen molar-refractivity contribution in [3.63, 3.8) is 0 Å². The molecule has 1 fully saturated rings. The van der Waals surface area contributed by atoms with Crippen molar-refractivity contribution in [3.05, 3.63) is 0 Å². The largest absolute Gasteiger partial charge is 0.299 e. The molecule has 0 amide bonds. The van der Waals surface area contributed by atoms with Crippen molar-refractivity contribution in [1.29, 1.82) is 0 Å². The lowest BCUT2D eigenvalue weighted by molar-refractivity contribution is -0.129. The van der Waals surface area contributed by atoms with Gasteiger partial charge in [0.25, 0.3) is 0 Å². The molecule has 4 heteroatoms. The van der Waals surface area contributed by atoms with Crippen molar-refractivity contribution in [2.45, 2.75) is 53.4 Å². The number of ketones is 2. The van der Waals surface area contributed by atoms with Gasteiger partial charge in [0.15, 0.2) is 0 Å². The SMILES string of the molecule is CC.CC.II.O=C1CCCC(=O)C1. The van der Waals surface area contributed by atoms with Crippen LogP contribution in [-0.4, -0.2) is 11.6 Å². The molecule has 1 saturated carbocycles. The van der Waals surface area contributed by atoms with Crippen LogP contribution in [0.2, 0.25) is 0 Å². The highest BCUT2D eigenvalue weighted by atomic mass is 128. The zero-order chi connectivity index (χ0) is 12.0. The summed E-state index contributed by atoms with van der Waals surface area (Å²) < 4.78 is 0. The predicted octanol–water partition coefficient (Wildman–Crippen LogP) is 4.52. The molecule has 0 atom stereocenters. The fraction of sp³-hybridized carbons (Fsp3) is 0.800. The minimum atomic E-state index is 0.112. The molecule has 0 aromatic heterocycles. The second-order valence-corrected chi connectivity index (χ2v) is 2.11. The number of carbonyl (C=O) groups excluding carboxylic acids is 2. The molecular formula is C10H20I2O2. The summed E-state index contributed by atoms with van der Waals surface area (Å²) in [6.07, 6.45) is 2.20. The number of carbonyl (C=O) groups is 2. The Morgan fingerprint density at radius 2 is 1.14 bits per heavy atom. The van der Waals surface area contributed by atoms with Crippen molar-refractivity contribution in [2.24, 2.45) is 0 Å². The van der Waals surface area contributed by atoms with Crippen LogP contribution < -0.4 is 0 Å². The van der Waals surface area contributed by atoms with Crippen LogP contribution >= 0.6 is 37.2 Å². The number of Topliss-reactive ketones (excluding diaryl/α,β-unsaturated/α-hetero) is 2. The molecule has 0 N–H and O–H groups in total. The minimum absolute atomic E-state index is 0.112. The molecule has 0 unspecified atom stereocenters. The van der Waals surface area contributed by atoms with Gasteiger partial charge in [0.1, 0.15) is 11.6 Å². The average Bonchev–Trinajstić information content (AvgIpc) is 2.26. The van der Waals surface area contributed by atoms with E-state index in [1.54, 1.807) is 0 Å². The van der Waals surface area contributed by atoms with E-state index in [1.807, 2.05) is 27.7 Å². The molecule has 1 aliphatic rings. The van der Waals surface area contributed by atoms with Crippen LogP contribution in [0.3, 0.4) is 0 Å². The van der Waals surface area contributed by atoms with Gasteiger partial charge in [0.2, 0.25) is 0 Å². The highest BCUT2D eigenvalue weighted by molar-refractivity contribution is 15.0. The third-order valence-corrected chi connectivity index (χ3v) is 1.31. The second kappa shape index (κ2) is 19.4. The summed E-state index contributed by atoms with van der Waals surface area (Å²) in [5.74, 6) is 0.225. The van der Waals surface area contributed by atoms with E-state index in [-0.39, 0.29) is 18.0 Å². The summed E-state index contributed by atoms with van der Waals surface area (Å²) in [5.41, 5.74) is 0. The fourth-order valence-corrected chi connectivity index (χ4v) is 0.879. The predicted molar refractivity (Wildman–Crippen MR) is 79.2 cm³/mol. The standard InChI is InChI=1S/C6H8O2.2C2H6.I2/c7-5-2-1-3-6(8)4-5;3*1-2/h1-4H2;2*1-2H3;. The first-order chi connectivity index (χ1) is 6.79. The van der Waals surface area contributed by atoms with Crippen molar-refractivity contribution in [1.82, 2.24) is 0 Å². The first-order valence-corrected chi connectivity index (χ1v) is 11.3. The highest BCUT2D eigenvalue weighted by Crippen LogP contribution is 2.09. The third kappa shape index (κ3) is 15.3. The van der Waals surface area contributed by atoms with Gasteiger partial charge in [-0.05, 0) is 6.42 Å². The Balaban J connectivity index is -0.000000174. The van der Waals surface area contributed by atoms with E-state index in [0.29, 0.717) is 12.8 Å². The van der Waals surface area contributed by atoms with E-state index in [9.17, 15) is 9.59 Å². The molecule has 1 rings (SSSR count). The molecule has 0 aromatic carbocycles. The van der Waals surface area contributed by atoms with Gasteiger partial charge in [-0.25, -0.2) is 0 Å². The number of hydrogen-bond donors (Lipinski definition) is 0. The van der Waals surface area contributed by atoms with Crippen LogP contribution in [0.5, 0.6) is 0 Å². The number of rotatable bonds is 0.